The van der Waals surface area contributed by atoms with Crippen molar-refractivity contribution in [1.82, 2.24) is 14.9 Å². The van der Waals surface area contributed by atoms with Gasteiger partial charge in [-0.2, -0.15) is 0 Å². The molecule has 3 rings (SSSR count). The van der Waals surface area contributed by atoms with Gasteiger partial charge in [-0.25, -0.2) is 4.98 Å². The summed E-state index contributed by atoms with van der Waals surface area (Å²) in [6, 6.07) is 9.29. The molecular weight excluding hydrogens is 362 g/mol. The van der Waals surface area contributed by atoms with Crippen molar-refractivity contribution in [2.45, 2.75) is 43.8 Å². The molecule has 2 heterocycles. The highest BCUT2D eigenvalue weighted by Gasteiger charge is 2.27. The first kappa shape index (κ1) is 19.5. The number of carbonyl (C=O) groups excluding carboxylic acids is 1. The standard InChI is InChI=1S/C20H25N3O3S/c1-3-5-15-11-19(25)23-16(13-27-20(23)22-15)12-18(24)21-9-8-14-6-4-7-17(10-14)26-2/h4,6-7,10-11,16H,3,5,8-9,12-13H2,1-2H3,(H,21,24)/t16-/m0/s1. The van der Waals surface area contributed by atoms with Gasteiger partial charge in [0.05, 0.1) is 13.2 Å². The molecule has 0 fully saturated rings. The summed E-state index contributed by atoms with van der Waals surface area (Å²) >= 11 is 1.55. The molecule has 0 saturated carbocycles. The first-order chi connectivity index (χ1) is 13.1. The zero-order valence-corrected chi connectivity index (χ0v) is 16.6. The smallest absolute Gasteiger partial charge is 0.254 e. The largest absolute Gasteiger partial charge is 0.497 e. The van der Waals surface area contributed by atoms with E-state index >= 15 is 0 Å². The van der Waals surface area contributed by atoms with Gasteiger partial charge in [-0.1, -0.05) is 37.2 Å². The molecule has 1 atom stereocenters. The molecule has 0 bridgehead atoms. The van der Waals surface area contributed by atoms with Crippen LogP contribution < -0.4 is 15.6 Å². The number of thioether (sulfide) groups is 1. The predicted molar refractivity (Wildman–Crippen MR) is 107 cm³/mol. The molecular formula is C20H25N3O3S. The van der Waals surface area contributed by atoms with Gasteiger partial charge in [0.1, 0.15) is 5.75 Å². The van der Waals surface area contributed by atoms with Crippen molar-refractivity contribution in [2.24, 2.45) is 0 Å². The number of fused-ring (bicyclic) bond motifs is 1. The summed E-state index contributed by atoms with van der Waals surface area (Å²) in [6.45, 7) is 2.62. The molecule has 1 aromatic carbocycles. The summed E-state index contributed by atoms with van der Waals surface area (Å²) < 4.78 is 6.88. The molecule has 6 nitrogen and oxygen atoms in total. The zero-order valence-electron chi connectivity index (χ0n) is 15.7. The number of nitrogens with one attached hydrogen (secondary N) is 1. The molecule has 7 heteroatoms. The molecule has 0 aliphatic carbocycles. The fraction of sp³-hybridized carbons (Fsp3) is 0.450. The van der Waals surface area contributed by atoms with Crippen LogP contribution in [0.1, 0.15) is 37.1 Å². The van der Waals surface area contributed by atoms with E-state index < -0.39 is 0 Å². The maximum absolute atomic E-state index is 12.4. The Balaban J connectivity index is 1.54. The molecule has 0 spiro atoms. The van der Waals surface area contributed by atoms with Crippen LogP contribution in [0.2, 0.25) is 0 Å². The van der Waals surface area contributed by atoms with Crippen molar-refractivity contribution in [2.75, 3.05) is 19.4 Å². The van der Waals surface area contributed by atoms with Crippen LogP contribution in [-0.2, 0) is 17.6 Å². The van der Waals surface area contributed by atoms with E-state index in [-0.39, 0.29) is 17.5 Å². The lowest BCUT2D eigenvalue weighted by Gasteiger charge is -2.13. The minimum absolute atomic E-state index is 0.0409. The van der Waals surface area contributed by atoms with Crippen LogP contribution in [-0.4, -0.2) is 34.9 Å². The van der Waals surface area contributed by atoms with E-state index in [4.69, 9.17) is 4.74 Å². The number of carbonyl (C=O) groups is 1. The van der Waals surface area contributed by atoms with E-state index in [2.05, 4.69) is 17.2 Å². The van der Waals surface area contributed by atoms with Crippen LogP contribution >= 0.6 is 11.8 Å². The van der Waals surface area contributed by atoms with Gasteiger partial charge in [0.25, 0.3) is 5.56 Å². The summed E-state index contributed by atoms with van der Waals surface area (Å²) in [5, 5.41) is 3.69. The number of hydrogen-bond acceptors (Lipinski definition) is 5. The number of methoxy groups -OCH3 is 1. The van der Waals surface area contributed by atoms with Crippen molar-refractivity contribution in [3.05, 3.63) is 51.9 Å². The van der Waals surface area contributed by atoms with Gasteiger partial charge in [-0.05, 0) is 30.5 Å². The topological polar surface area (TPSA) is 73.2 Å². The Morgan fingerprint density at radius 1 is 1.37 bits per heavy atom. The first-order valence-electron chi connectivity index (χ1n) is 9.25. The number of ether oxygens (including phenoxy) is 1. The Labute approximate surface area is 163 Å². The minimum Gasteiger partial charge on any atom is -0.497 e. The van der Waals surface area contributed by atoms with Gasteiger partial charge < -0.3 is 10.1 Å². The van der Waals surface area contributed by atoms with Crippen LogP contribution in [0, 0.1) is 0 Å². The van der Waals surface area contributed by atoms with Gasteiger partial charge in [-0.3, -0.25) is 14.2 Å². The lowest BCUT2D eigenvalue weighted by molar-refractivity contribution is -0.121. The molecule has 1 aromatic heterocycles. The van der Waals surface area contributed by atoms with Crippen molar-refractivity contribution in [3.8, 4) is 5.75 Å². The van der Waals surface area contributed by atoms with Gasteiger partial charge >= 0.3 is 0 Å². The van der Waals surface area contributed by atoms with Crippen LogP contribution in [0.25, 0.3) is 0 Å². The molecule has 144 valence electrons. The minimum atomic E-state index is -0.127. The molecule has 0 saturated heterocycles. The van der Waals surface area contributed by atoms with E-state index in [1.807, 2.05) is 24.3 Å². The molecule has 27 heavy (non-hydrogen) atoms. The lowest BCUT2D eigenvalue weighted by atomic mass is 10.1. The number of aryl methyl sites for hydroxylation is 1. The van der Waals surface area contributed by atoms with Crippen molar-refractivity contribution >= 4 is 17.7 Å². The Hall–Kier alpha value is -2.28. The predicted octanol–water partition coefficient (Wildman–Crippen LogP) is 2.60. The van der Waals surface area contributed by atoms with Crippen LogP contribution in [0.4, 0.5) is 0 Å². The zero-order chi connectivity index (χ0) is 19.2. The third kappa shape index (κ3) is 4.91. The van der Waals surface area contributed by atoms with Crippen LogP contribution in [0.15, 0.2) is 40.3 Å². The maximum Gasteiger partial charge on any atom is 0.254 e. The summed E-state index contributed by atoms with van der Waals surface area (Å²) in [7, 11) is 1.64. The average Bonchev–Trinajstić information content (AvgIpc) is 3.05. The quantitative estimate of drug-likeness (QED) is 0.705. The highest BCUT2D eigenvalue weighted by Crippen LogP contribution is 2.32. The van der Waals surface area contributed by atoms with Gasteiger partial charge in [0, 0.05) is 30.5 Å². The maximum atomic E-state index is 12.4. The van der Waals surface area contributed by atoms with Crippen molar-refractivity contribution in [1.29, 1.82) is 0 Å². The lowest BCUT2D eigenvalue weighted by Crippen LogP contribution is -2.31. The Kier molecular flexibility index (Phi) is 6.55. The van der Waals surface area contributed by atoms with E-state index in [1.54, 1.807) is 29.5 Å². The molecule has 0 radical (unpaired) electrons. The molecule has 1 amide bonds. The third-order valence-corrected chi connectivity index (χ3v) is 5.64. The number of benzene rings is 1. The molecule has 1 aliphatic rings. The number of hydrogen-bond donors (Lipinski definition) is 1. The highest BCUT2D eigenvalue weighted by atomic mass is 32.2. The Morgan fingerprint density at radius 2 is 2.22 bits per heavy atom. The molecule has 0 unspecified atom stereocenters. The summed E-state index contributed by atoms with van der Waals surface area (Å²) in [4.78, 5) is 29.3. The van der Waals surface area contributed by atoms with Gasteiger partial charge in [0.15, 0.2) is 5.16 Å². The fourth-order valence-corrected chi connectivity index (χ4v) is 4.36. The number of amides is 1. The van der Waals surface area contributed by atoms with E-state index in [0.29, 0.717) is 18.7 Å². The summed E-state index contributed by atoms with van der Waals surface area (Å²) in [5.74, 6) is 1.48. The third-order valence-electron chi connectivity index (χ3n) is 4.54. The molecule has 1 aliphatic heterocycles. The van der Waals surface area contributed by atoms with E-state index in [0.717, 1.165) is 41.4 Å². The van der Waals surface area contributed by atoms with E-state index in [1.165, 1.54) is 0 Å². The van der Waals surface area contributed by atoms with Crippen LogP contribution in [0.5, 0.6) is 5.75 Å². The van der Waals surface area contributed by atoms with Crippen LogP contribution in [0.3, 0.4) is 0 Å². The normalized spacial score (nSPS) is 15.4. The second-order valence-electron chi connectivity index (χ2n) is 6.61. The summed E-state index contributed by atoms with van der Waals surface area (Å²) in [5.41, 5.74) is 1.90. The monoisotopic (exact) mass is 387 g/mol. The second kappa shape index (κ2) is 9.08. The molecule has 1 N–H and O–H groups in total. The van der Waals surface area contributed by atoms with Crippen molar-refractivity contribution in [3.63, 3.8) is 0 Å². The average molecular weight is 388 g/mol. The van der Waals surface area contributed by atoms with Crippen molar-refractivity contribution < 1.29 is 9.53 Å². The van der Waals surface area contributed by atoms with E-state index in [9.17, 15) is 9.59 Å². The Bertz CT molecular complexity index is 866. The number of aromatic nitrogens is 2. The first-order valence-corrected chi connectivity index (χ1v) is 10.2. The Morgan fingerprint density at radius 3 is 3.00 bits per heavy atom. The SMILES string of the molecule is CCCc1cc(=O)n2c(n1)SC[C@@H]2CC(=O)NCCc1cccc(OC)c1. The number of nitrogens with zero attached hydrogens (tertiary/aromatic N) is 2. The van der Waals surface area contributed by atoms with Gasteiger partial charge in [-0.15, -0.1) is 0 Å². The van der Waals surface area contributed by atoms with Gasteiger partial charge in [0.2, 0.25) is 5.91 Å². The molecule has 2 aromatic rings. The fourth-order valence-electron chi connectivity index (χ4n) is 3.19. The summed E-state index contributed by atoms with van der Waals surface area (Å²) in [6.07, 6.45) is 2.80. The number of rotatable bonds is 8. The second-order valence-corrected chi connectivity index (χ2v) is 7.60. The highest BCUT2D eigenvalue weighted by molar-refractivity contribution is 7.99.